The summed E-state index contributed by atoms with van der Waals surface area (Å²) in [5.74, 6) is 0.833. The van der Waals surface area contributed by atoms with Gasteiger partial charge in [0, 0.05) is 31.7 Å². The molecule has 1 heterocycles. The summed E-state index contributed by atoms with van der Waals surface area (Å²) in [5, 5.41) is 9.90. The van der Waals surface area contributed by atoms with Crippen LogP contribution in [0.5, 0.6) is 0 Å². The van der Waals surface area contributed by atoms with E-state index in [1.54, 1.807) is 0 Å². The number of aliphatic hydroxyl groups excluding tert-OH is 1. The quantitative estimate of drug-likeness (QED) is 0.855. The minimum atomic E-state index is -0.0593. The first-order chi connectivity index (χ1) is 8.84. The maximum atomic E-state index is 9.90. The molecule has 1 aliphatic heterocycles. The van der Waals surface area contributed by atoms with Gasteiger partial charge < -0.3 is 9.84 Å². The molecule has 0 radical (unpaired) electrons. The highest BCUT2D eigenvalue weighted by Gasteiger charge is 2.39. The van der Waals surface area contributed by atoms with E-state index in [-0.39, 0.29) is 11.0 Å². The third-order valence-electron chi connectivity index (χ3n) is 4.87. The lowest BCUT2D eigenvalue weighted by molar-refractivity contribution is -0.139. The smallest absolute Gasteiger partial charge is 0.0757 e. The number of hydrogen-bond donors (Lipinski definition) is 1. The van der Waals surface area contributed by atoms with Crippen LogP contribution >= 0.6 is 0 Å². The highest BCUT2D eigenvalue weighted by molar-refractivity contribution is 4.91. The first-order valence-corrected chi connectivity index (χ1v) is 7.85. The summed E-state index contributed by atoms with van der Waals surface area (Å²) in [6, 6.07) is 0. The normalized spacial score (nSPS) is 40.3. The Morgan fingerprint density at radius 3 is 2.37 bits per heavy atom. The summed E-state index contributed by atoms with van der Waals surface area (Å²) < 4.78 is 5.97. The molecular weight excluding hydrogens is 238 g/mol. The standard InChI is InChI=1S/C16H31NO2/c1-13-5-7-16(12-18,8-6-13)11-17-9-14(2)19-15(3,4)10-17/h13-14,18H,5-12H2,1-4H3. The van der Waals surface area contributed by atoms with Gasteiger partial charge in [-0.25, -0.2) is 0 Å². The zero-order chi connectivity index (χ0) is 14.1. The van der Waals surface area contributed by atoms with E-state index in [1.165, 1.54) is 25.7 Å². The Kier molecular flexibility index (Phi) is 4.59. The molecule has 0 amide bonds. The molecule has 0 bridgehead atoms. The lowest BCUT2D eigenvalue weighted by Gasteiger charge is -2.47. The number of aliphatic hydroxyl groups is 1. The average Bonchev–Trinajstić information content (AvgIpc) is 2.30. The minimum absolute atomic E-state index is 0.0593. The predicted molar refractivity (Wildman–Crippen MR) is 78.2 cm³/mol. The Morgan fingerprint density at radius 1 is 1.21 bits per heavy atom. The van der Waals surface area contributed by atoms with Gasteiger partial charge in [0.2, 0.25) is 0 Å². The van der Waals surface area contributed by atoms with Gasteiger partial charge in [0.1, 0.15) is 0 Å². The van der Waals surface area contributed by atoms with Crippen LogP contribution in [0.1, 0.15) is 53.4 Å². The van der Waals surface area contributed by atoms with Crippen molar-refractivity contribution in [2.24, 2.45) is 11.3 Å². The molecule has 1 atom stereocenters. The Hall–Kier alpha value is -0.120. The van der Waals surface area contributed by atoms with Gasteiger partial charge in [0.15, 0.2) is 0 Å². The molecule has 1 unspecified atom stereocenters. The molecule has 0 aromatic carbocycles. The number of hydrogen-bond acceptors (Lipinski definition) is 3. The van der Waals surface area contributed by atoms with Crippen molar-refractivity contribution >= 4 is 0 Å². The molecule has 1 N–H and O–H groups in total. The van der Waals surface area contributed by atoms with Crippen LogP contribution in [0, 0.1) is 11.3 Å². The van der Waals surface area contributed by atoms with E-state index in [1.807, 2.05) is 0 Å². The van der Waals surface area contributed by atoms with Crippen LogP contribution in [0.2, 0.25) is 0 Å². The molecule has 0 spiro atoms. The Morgan fingerprint density at radius 2 is 1.84 bits per heavy atom. The summed E-state index contributed by atoms with van der Waals surface area (Å²) in [7, 11) is 0. The number of morpholine rings is 1. The molecule has 19 heavy (non-hydrogen) atoms. The number of rotatable bonds is 3. The van der Waals surface area contributed by atoms with Crippen molar-refractivity contribution in [3.05, 3.63) is 0 Å². The SMILES string of the molecule is CC1CCC(CO)(CN2CC(C)OC(C)(C)C2)CC1. The zero-order valence-electron chi connectivity index (χ0n) is 13.1. The van der Waals surface area contributed by atoms with E-state index in [4.69, 9.17) is 4.74 Å². The zero-order valence-corrected chi connectivity index (χ0v) is 13.1. The molecule has 2 fully saturated rings. The monoisotopic (exact) mass is 269 g/mol. The summed E-state index contributed by atoms with van der Waals surface area (Å²) in [6.45, 7) is 12.2. The van der Waals surface area contributed by atoms with Crippen molar-refractivity contribution in [2.45, 2.75) is 65.1 Å². The summed E-state index contributed by atoms with van der Waals surface area (Å²) in [4.78, 5) is 2.51. The predicted octanol–water partition coefficient (Wildman–Crippen LogP) is 2.67. The van der Waals surface area contributed by atoms with Crippen LogP contribution in [0.4, 0.5) is 0 Å². The molecule has 0 aromatic heterocycles. The van der Waals surface area contributed by atoms with Crippen LogP contribution in [0.25, 0.3) is 0 Å². The van der Waals surface area contributed by atoms with Crippen molar-refractivity contribution in [3.8, 4) is 0 Å². The molecule has 2 aliphatic rings. The highest BCUT2D eigenvalue weighted by Crippen LogP contribution is 2.40. The largest absolute Gasteiger partial charge is 0.396 e. The van der Waals surface area contributed by atoms with Crippen LogP contribution in [0.15, 0.2) is 0 Å². The topological polar surface area (TPSA) is 32.7 Å². The fraction of sp³-hybridized carbons (Fsp3) is 1.00. The molecule has 0 aromatic rings. The minimum Gasteiger partial charge on any atom is -0.396 e. The molecule has 1 aliphatic carbocycles. The Bertz CT molecular complexity index is 295. The van der Waals surface area contributed by atoms with Gasteiger partial charge in [-0.15, -0.1) is 0 Å². The average molecular weight is 269 g/mol. The third-order valence-corrected chi connectivity index (χ3v) is 4.87. The highest BCUT2D eigenvalue weighted by atomic mass is 16.5. The second-order valence-electron chi connectivity index (χ2n) is 7.70. The van der Waals surface area contributed by atoms with Gasteiger partial charge in [0.05, 0.1) is 11.7 Å². The summed E-state index contributed by atoms with van der Waals surface area (Å²) in [6.07, 6.45) is 5.18. The van der Waals surface area contributed by atoms with Crippen LogP contribution < -0.4 is 0 Å². The van der Waals surface area contributed by atoms with Crippen LogP contribution in [-0.4, -0.2) is 48.0 Å². The maximum absolute atomic E-state index is 9.90. The lowest BCUT2D eigenvalue weighted by atomic mass is 9.71. The van der Waals surface area contributed by atoms with E-state index >= 15 is 0 Å². The van der Waals surface area contributed by atoms with Gasteiger partial charge in [-0.05, 0) is 39.5 Å². The van der Waals surface area contributed by atoms with Crippen LogP contribution in [0.3, 0.4) is 0 Å². The fourth-order valence-electron chi connectivity index (χ4n) is 3.92. The molecule has 1 saturated heterocycles. The molecule has 3 nitrogen and oxygen atoms in total. The molecule has 3 heteroatoms. The number of nitrogens with zero attached hydrogens (tertiary/aromatic N) is 1. The molecule has 2 rings (SSSR count). The van der Waals surface area contributed by atoms with Gasteiger partial charge in [0.25, 0.3) is 0 Å². The van der Waals surface area contributed by atoms with Crippen molar-refractivity contribution in [1.29, 1.82) is 0 Å². The van der Waals surface area contributed by atoms with Gasteiger partial charge >= 0.3 is 0 Å². The second-order valence-corrected chi connectivity index (χ2v) is 7.70. The van der Waals surface area contributed by atoms with Crippen molar-refractivity contribution in [2.75, 3.05) is 26.2 Å². The molecule has 1 saturated carbocycles. The van der Waals surface area contributed by atoms with Crippen LogP contribution in [-0.2, 0) is 4.74 Å². The first-order valence-electron chi connectivity index (χ1n) is 7.85. The van der Waals surface area contributed by atoms with Crippen molar-refractivity contribution in [3.63, 3.8) is 0 Å². The first kappa shape index (κ1) is 15.3. The van der Waals surface area contributed by atoms with E-state index in [0.29, 0.717) is 12.7 Å². The van der Waals surface area contributed by atoms with Crippen molar-refractivity contribution < 1.29 is 9.84 Å². The van der Waals surface area contributed by atoms with E-state index in [9.17, 15) is 5.11 Å². The second kappa shape index (κ2) is 5.71. The maximum Gasteiger partial charge on any atom is 0.0757 e. The van der Waals surface area contributed by atoms with E-state index < -0.39 is 0 Å². The van der Waals surface area contributed by atoms with Gasteiger partial charge in [-0.3, -0.25) is 4.90 Å². The fourth-order valence-corrected chi connectivity index (χ4v) is 3.92. The van der Waals surface area contributed by atoms with Crippen molar-refractivity contribution in [1.82, 2.24) is 4.90 Å². The summed E-state index contributed by atoms with van der Waals surface area (Å²) >= 11 is 0. The van der Waals surface area contributed by atoms with E-state index in [0.717, 1.165) is 25.6 Å². The third kappa shape index (κ3) is 3.93. The van der Waals surface area contributed by atoms with Gasteiger partial charge in [-0.2, -0.15) is 0 Å². The van der Waals surface area contributed by atoms with E-state index in [2.05, 4.69) is 32.6 Å². The summed E-state index contributed by atoms with van der Waals surface area (Å²) in [5.41, 5.74) is 0.0793. The molecule has 112 valence electrons. The Balaban J connectivity index is 1.98. The lowest BCUT2D eigenvalue weighted by Crippen LogP contribution is -2.55. The number of ether oxygens (including phenoxy) is 1. The molecular formula is C16H31NO2. The Labute approximate surface area is 118 Å². The van der Waals surface area contributed by atoms with Gasteiger partial charge in [-0.1, -0.05) is 19.8 Å².